The smallest absolute Gasteiger partial charge is 0.339 e. The minimum absolute atomic E-state index is 0.0194. The summed E-state index contributed by atoms with van der Waals surface area (Å²) in [5.41, 5.74) is 1.48. The first-order chi connectivity index (χ1) is 17.0. The first-order valence-corrected chi connectivity index (χ1v) is 12.5. The van der Waals surface area contributed by atoms with Crippen molar-refractivity contribution in [2.45, 2.75) is 18.6 Å². The van der Waals surface area contributed by atoms with Gasteiger partial charge < -0.3 is 19.4 Å². The third kappa shape index (κ3) is 5.05. The lowest BCUT2D eigenvalue weighted by Gasteiger charge is -2.11. The van der Waals surface area contributed by atoms with Gasteiger partial charge in [-0.3, -0.25) is 4.79 Å². The summed E-state index contributed by atoms with van der Waals surface area (Å²) in [7, 11) is 2.49. The van der Waals surface area contributed by atoms with Crippen molar-refractivity contribution in [3.8, 4) is 11.4 Å². The molecule has 0 unspecified atom stereocenters. The van der Waals surface area contributed by atoms with Crippen LogP contribution in [0.25, 0.3) is 21.5 Å². The number of thioether (sulfide) groups is 1. The average molecular weight is 511 g/mol. The topological polar surface area (TPSA) is 112 Å². The summed E-state index contributed by atoms with van der Waals surface area (Å²) in [6.07, 6.45) is 0. The molecule has 0 spiro atoms. The van der Waals surface area contributed by atoms with Crippen molar-refractivity contribution in [3.05, 3.63) is 59.0 Å². The van der Waals surface area contributed by atoms with E-state index in [0.717, 1.165) is 21.5 Å². The van der Waals surface area contributed by atoms with Crippen LogP contribution >= 0.6 is 23.1 Å². The van der Waals surface area contributed by atoms with E-state index < -0.39 is 11.9 Å². The molecule has 2 aromatic carbocycles. The molecular formula is C24H22N4O5S2. The molecule has 0 saturated carbocycles. The molecule has 4 rings (SSSR count). The van der Waals surface area contributed by atoms with E-state index >= 15 is 0 Å². The van der Waals surface area contributed by atoms with Crippen LogP contribution in [0.15, 0.2) is 53.0 Å². The summed E-state index contributed by atoms with van der Waals surface area (Å²) in [5.74, 6) is -0.841. The minimum Gasteiger partial charge on any atom is -0.465 e. The normalized spacial score (nSPS) is 10.8. The van der Waals surface area contributed by atoms with Crippen molar-refractivity contribution in [2.75, 3.05) is 25.3 Å². The molecule has 2 heterocycles. The van der Waals surface area contributed by atoms with Gasteiger partial charge in [0.05, 0.1) is 36.8 Å². The van der Waals surface area contributed by atoms with Gasteiger partial charge in [0.2, 0.25) is 5.91 Å². The number of esters is 2. The van der Waals surface area contributed by atoms with Crippen molar-refractivity contribution < 1.29 is 23.9 Å². The summed E-state index contributed by atoms with van der Waals surface area (Å²) in [4.78, 5) is 36.8. The maximum Gasteiger partial charge on any atom is 0.339 e. The van der Waals surface area contributed by atoms with Crippen LogP contribution < -0.4 is 5.32 Å². The molecule has 0 bridgehead atoms. The number of hydrogen-bond acceptors (Lipinski definition) is 9. The van der Waals surface area contributed by atoms with E-state index in [4.69, 9.17) is 9.47 Å². The summed E-state index contributed by atoms with van der Waals surface area (Å²) in [5, 5.41) is 15.1. The quantitative estimate of drug-likeness (QED) is 0.273. The molecule has 0 radical (unpaired) electrons. The molecule has 180 valence electrons. The number of methoxy groups -OCH3 is 2. The molecule has 0 atom stereocenters. The fourth-order valence-electron chi connectivity index (χ4n) is 3.53. The monoisotopic (exact) mass is 510 g/mol. The predicted molar refractivity (Wildman–Crippen MR) is 135 cm³/mol. The molecule has 0 saturated heterocycles. The predicted octanol–water partition coefficient (Wildman–Crippen LogP) is 4.48. The molecule has 0 aliphatic carbocycles. The number of rotatable bonds is 8. The standard InChI is InChI=1S/C24H22N4O5S2/c1-4-28-21(17-12-34-19-8-6-5-7-15(17)19)26-27-24(28)35-13-20(29)25-18-11-14(22(30)32-2)9-10-16(18)23(31)33-3/h5-12H,4,13H2,1-3H3,(H,25,29). The first-order valence-electron chi connectivity index (χ1n) is 10.6. The molecule has 1 N–H and O–H groups in total. The van der Waals surface area contributed by atoms with Crippen molar-refractivity contribution in [1.82, 2.24) is 14.8 Å². The van der Waals surface area contributed by atoms with Gasteiger partial charge in [0.25, 0.3) is 0 Å². The Labute approximate surface area is 209 Å². The van der Waals surface area contributed by atoms with Crippen molar-refractivity contribution >= 4 is 56.7 Å². The van der Waals surface area contributed by atoms with Crippen molar-refractivity contribution in [1.29, 1.82) is 0 Å². The summed E-state index contributed by atoms with van der Waals surface area (Å²) < 4.78 is 12.6. The number of aromatic nitrogens is 3. The fraction of sp³-hybridized carbons (Fsp3) is 0.208. The van der Waals surface area contributed by atoms with E-state index in [-0.39, 0.29) is 28.5 Å². The van der Waals surface area contributed by atoms with E-state index in [2.05, 4.69) is 33.0 Å². The van der Waals surface area contributed by atoms with Crippen LogP contribution in [0.4, 0.5) is 5.69 Å². The highest BCUT2D eigenvalue weighted by atomic mass is 32.2. The Kier molecular flexibility index (Phi) is 7.47. The van der Waals surface area contributed by atoms with Gasteiger partial charge in [0.1, 0.15) is 0 Å². The molecule has 9 nitrogen and oxygen atoms in total. The maximum atomic E-state index is 12.8. The average Bonchev–Trinajstić information content (AvgIpc) is 3.49. The van der Waals surface area contributed by atoms with Crippen LogP contribution in [0.5, 0.6) is 0 Å². The molecule has 0 aliphatic heterocycles. The van der Waals surface area contributed by atoms with Crippen LogP contribution in [-0.2, 0) is 20.8 Å². The SMILES string of the molecule is CCn1c(SCC(=O)Nc2cc(C(=O)OC)ccc2C(=O)OC)nnc1-c1csc2ccccc12. The van der Waals surface area contributed by atoms with Crippen LogP contribution in [0.1, 0.15) is 27.6 Å². The first kappa shape index (κ1) is 24.4. The van der Waals surface area contributed by atoms with E-state index in [1.807, 2.05) is 23.6 Å². The molecule has 1 amide bonds. The Bertz CT molecular complexity index is 1410. The van der Waals surface area contributed by atoms with Gasteiger partial charge in [-0.1, -0.05) is 30.0 Å². The van der Waals surface area contributed by atoms with Gasteiger partial charge in [-0.25, -0.2) is 9.59 Å². The van der Waals surface area contributed by atoms with Crippen LogP contribution in [0.2, 0.25) is 0 Å². The largest absolute Gasteiger partial charge is 0.465 e. The number of anilines is 1. The van der Waals surface area contributed by atoms with E-state index in [1.54, 1.807) is 11.3 Å². The zero-order valence-electron chi connectivity index (χ0n) is 19.2. The molecule has 35 heavy (non-hydrogen) atoms. The lowest BCUT2D eigenvalue weighted by atomic mass is 10.1. The number of fused-ring (bicyclic) bond motifs is 1. The van der Waals surface area contributed by atoms with Crippen LogP contribution in [0.3, 0.4) is 0 Å². The Balaban J connectivity index is 1.53. The summed E-state index contributed by atoms with van der Waals surface area (Å²) in [6, 6.07) is 12.3. The second-order valence-electron chi connectivity index (χ2n) is 7.28. The van der Waals surface area contributed by atoms with Gasteiger partial charge in [-0.05, 0) is 31.2 Å². The lowest BCUT2D eigenvalue weighted by Crippen LogP contribution is -2.18. The molecular weight excluding hydrogens is 488 g/mol. The summed E-state index contributed by atoms with van der Waals surface area (Å²) in [6.45, 7) is 2.62. The Morgan fingerprint density at radius 2 is 1.83 bits per heavy atom. The maximum absolute atomic E-state index is 12.8. The highest BCUT2D eigenvalue weighted by Gasteiger charge is 2.20. The number of nitrogens with one attached hydrogen (secondary N) is 1. The molecule has 11 heteroatoms. The van der Waals surface area contributed by atoms with Crippen molar-refractivity contribution in [3.63, 3.8) is 0 Å². The second kappa shape index (κ2) is 10.7. The highest BCUT2D eigenvalue weighted by molar-refractivity contribution is 7.99. The second-order valence-corrected chi connectivity index (χ2v) is 9.13. The van der Waals surface area contributed by atoms with Gasteiger partial charge >= 0.3 is 11.9 Å². The number of carbonyl (C=O) groups excluding carboxylic acids is 3. The number of ether oxygens (including phenoxy) is 2. The van der Waals surface area contributed by atoms with E-state index in [1.165, 1.54) is 44.2 Å². The number of benzene rings is 2. The summed E-state index contributed by atoms with van der Waals surface area (Å²) >= 11 is 2.87. The highest BCUT2D eigenvalue weighted by Crippen LogP contribution is 2.34. The Morgan fingerprint density at radius 3 is 2.57 bits per heavy atom. The molecule has 0 fully saturated rings. The third-order valence-electron chi connectivity index (χ3n) is 5.21. The minimum atomic E-state index is -0.636. The van der Waals surface area contributed by atoms with Gasteiger partial charge in [-0.15, -0.1) is 21.5 Å². The van der Waals surface area contributed by atoms with Crippen LogP contribution in [0, 0.1) is 0 Å². The van der Waals surface area contributed by atoms with E-state index in [9.17, 15) is 14.4 Å². The fourth-order valence-corrected chi connectivity index (χ4v) is 5.27. The zero-order chi connectivity index (χ0) is 24.9. The number of hydrogen-bond donors (Lipinski definition) is 1. The Morgan fingerprint density at radius 1 is 1.06 bits per heavy atom. The molecule has 2 aromatic heterocycles. The van der Waals surface area contributed by atoms with E-state index in [0.29, 0.717) is 11.7 Å². The number of thiophene rings is 1. The van der Waals surface area contributed by atoms with Crippen LogP contribution in [-0.4, -0.2) is 52.6 Å². The van der Waals surface area contributed by atoms with Gasteiger partial charge in [0.15, 0.2) is 11.0 Å². The van der Waals surface area contributed by atoms with Gasteiger partial charge in [0, 0.05) is 27.6 Å². The van der Waals surface area contributed by atoms with Gasteiger partial charge in [-0.2, -0.15) is 0 Å². The molecule has 4 aromatic rings. The lowest BCUT2D eigenvalue weighted by molar-refractivity contribution is -0.113. The Hall–Kier alpha value is -3.70. The third-order valence-corrected chi connectivity index (χ3v) is 7.14. The number of carbonyl (C=O) groups is 3. The number of nitrogens with zero attached hydrogens (tertiary/aromatic N) is 3. The molecule has 0 aliphatic rings. The van der Waals surface area contributed by atoms with Crippen molar-refractivity contribution in [2.24, 2.45) is 0 Å². The zero-order valence-corrected chi connectivity index (χ0v) is 20.9. The number of amides is 1.